The van der Waals surface area contributed by atoms with Crippen LogP contribution in [0.2, 0.25) is 10.0 Å². The van der Waals surface area contributed by atoms with Gasteiger partial charge in [0.15, 0.2) is 5.03 Å². The molecule has 3 aliphatic rings. The third-order valence-corrected chi connectivity index (χ3v) is 11.4. The average molecular weight is 741 g/mol. The molecule has 3 aromatic rings. The molecule has 6 rings (SSSR count). The minimum absolute atomic E-state index is 0.00674. The molecule has 4 heterocycles. The van der Waals surface area contributed by atoms with Crippen LogP contribution in [0.5, 0.6) is 0 Å². The third-order valence-electron chi connectivity index (χ3n) is 8.58. The van der Waals surface area contributed by atoms with Crippen molar-refractivity contribution in [2.75, 3.05) is 63.9 Å². The van der Waals surface area contributed by atoms with Crippen LogP contribution in [0.1, 0.15) is 18.9 Å². The number of hydrogen-bond acceptors (Lipinski definition) is 7. The van der Waals surface area contributed by atoms with Gasteiger partial charge in [0.2, 0.25) is 11.9 Å². The van der Waals surface area contributed by atoms with Crippen molar-refractivity contribution in [3.05, 3.63) is 68.7 Å². The van der Waals surface area contributed by atoms with Crippen LogP contribution >= 0.6 is 39.1 Å². The Hall–Kier alpha value is -2.52. The Morgan fingerprint density at radius 3 is 2.29 bits per heavy atom. The molecule has 15 heteroatoms. The van der Waals surface area contributed by atoms with E-state index >= 15 is 0 Å². The molecule has 1 aromatic heterocycles. The number of ether oxygens (including phenoxy) is 1. The fraction of sp³-hybridized carbons (Fsp3) is 0.433. The number of benzene rings is 2. The summed E-state index contributed by atoms with van der Waals surface area (Å²) in [4.78, 5) is 37.0. The Bertz CT molecular complexity index is 1690. The number of morpholine rings is 1. The predicted octanol–water partition coefficient (Wildman–Crippen LogP) is 4.14. The molecule has 1 unspecified atom stereocenters. The number of carbonyl (C=O) groups is 2. The number of carbonyl (C=O) groups excluding carboxylic acids is 2. The zero-order valence-electron chi connectivity index (χ0n) is 24.7. The molecule has 240 valence electrons. The highest BCUT2D eigenvalue weighted by atomic mass is 79.9. The number of hydrogen-bond donors (Lipinski definition) is 0. The number of sulfonamides is 1. The molecule has 0 bridgehead atoms. The van der Waals surface area contributed by atoms with Crippen molar-refractivity contribution in [2.45, 2.75) is 30.3 Å². The van der Waals surface area contributed by atoms with Crippen LogP contribution in [0.4, 0.5) is 11.6 Å². The Morgan fingerprint density at radius 1 is 1.00 bits per heavy atom. The van der Waals surface area contributed by atoms with Gasteiger partial charge in [-0.1, -0.05) is 51.3 Å². The molecule has 1 atom stereocenters. The Kier molecular flexibility index (Phi) is 9.32. The molecule has 0 radical (unpaired) electrons. The highest BCUT2D eigenvalue weighted by Crippen LogP contribution is 2.45. The fourth-order valence-corrected chi connectivity index (χ4v) is 8.55. The van der Waals surface area contributed by atoms with E-state index in [9.17, 15) is 18.0 Å². The molecule has 2 saturated heterocycles. The first-order chi connectivity index (χ1) is 21.5. The average Bonchev–Trinajstić information content (AvgIpc) is 3.55. The second-order valence-corrected chi connectivity index (χ2v) is 15.2. The van der Waals surface area contributed by atoms with Gasteiger partial charge in [0, 0.05) is 73.2 Å². The van der Waals surface area contributed by atoms with E-state index in [1.807, 2.05) is 24.3 Å². The molecule has 3 aliphatic heterocycles. The van der Waals surface area contributed by atoms with Crippen molar-refractivity contribution < 1.29 is 22.7 Å². The topological polar surface area (TPSA) is 108 Å². The number of piperazine rings is 1. The fourth-order valence-electron chi connectivity index (χ4n) is 6.16. The molecule has 2 aromatic carbocycles. The Labute approximate surface area is 280 Å². The largest absolute Gasteiger partial charge is 0.379 e. The smallest absolute Gasteiger partial charge is 0.260 e. The number of nitrogens with zero attached hydrogens (tertiary/aromatic N) is 6. The maximum atomic E-state index is 14.3. The quantitative estimate of drug-likeness (QED) is 0.342. The summed E-state index contributed by atoms with van der Waals surface area (Å²) in [5.41, 5.74) is -0.113. The zero-order chi connectivity index (χ0) is 31.9. The molecular weight excluding hydrogens is 707 g/mol. The highest BCUT2D eigenvalue weighted by Gasteiger charge is 2.52. The van der Waals surface area contributed by atoms with Crippen molar-refractivity contribution in [3.8, 4) is 0 Å². The summed E-state index contributed by atoms with van der Waals surface area (Å²) in [7, 11) is -4.10. The minimum atomic E-state index is -4.10. The summed E-state index contributed by atoms with van der Waals surface area (Å²) in [6.45, 7) is 6.16. The summed E-state index contributed by atoms with van der Waals surface area (Å²) in [6.07, 6.45) is 1.89. The predicted molar refractivity (Wildman–Crippen MR) is 175 cm³/mol. The van der Waals surface area contributed by atoms with Crippen LogP contribution in [0.15, 0.2) is 58.2 Å². The van der Waals surface area contributed by atoms with Gasteiger partial charge in [-0.25, -0.2) is 18.3 Å². The SMILES string of the molecule is CC1(Cc2ccc(Br)cc2)C(=O)N(c2cc(Cl)cc(Cl)c2)c2ncc(S(=O)(=O)N3CCN(C(=O)CCN4CCOCC4)CC3)n21. The normalized spacial score (nSPS) is 21.4. The minimum Gasteiger partial charge on any atom is -0.379 e. The molecule has 0 spiro atoms. The molecule has 0 N–H and O–H groups in total. The third kappa shape index (κ3) is 6.40. The van der Waals surface area contributed by atoms with Crippen LogP contribution in [0.25, 0.3) is 0 Å². The lowest BCUT2D eigenvalue weighted by Crippen LogP contribution is -2.51. The molecule has 2 amide bonds. The maximum Gasteiger partial charge on any atom is 0.260 e. The van der Waals surface area contributed by atoms with E-state index in [-0.39, 0.29) is 55.4 Å². The van der Waals surface area contributed by atoms with Gasteiger partial charge in [0.1, 0.15) is 5.54 Å². The Morgan fingerprint density at radius 2 is 1.64 bits per heavy atom. The van der Waals surface area contributed by atoms with Gasteiger partial charge in [0.25, 0.3) is 15.9 Å². The monoisotopic (exact) mass is 738 g/mol. The summed E-state index contributed by atoms with van der Waals surface area (Å²) in [6, 6.07) is 12.3. The van der Waals surface area contributed by atoms with Gasteiger partial charge in [-0.05, 0) is 42.8 Å². The first kappa shape index (κ1) is 32.4. The molecule has 45 heavy (non-hydrogen) atoms. The second kappa shape index (κ2) is 12.9. The lowest BCUT2D eigenvalue weighted by atomic mass is 9.92. The van der Waals surface area contributed by atoms with E-state index in [0.29, 0.717) is 41.9 Å². The highest BCUT2D eigenvalue weighted by molar-refractivity contribution is 9.10. The molecule has 0 aliphatic carbocycles. The van der Waals surface area contributed by atoms with Gasteiger partial charge >= 0.3 is 0 Å². The van der Waals surface area contributed by atoms with Gasteiger partial charge in [-0.2, -0.15) is 4.31 Å². The number of anilines is 2. The number of rotatable bonds is 8. The number of imidazole rings is 1. The summed E-state index contributed by atoms with van der Waals surface area (Å²) >= 11 is 16.0. The second-order valence-electron chi connectivity index (χ2n) is 11.6. The van der Waals surface area contributed by atoms with Crippen molar-refractivity contribution in [1.82, 2.24) is 23.7 Å². The van der Waals surface area contributed by atoms with Gasteiger partial charge < -0.3 is 9.64 Å². The maximum absolute atomic E-state index is 14.3. The van der Waals surface area contributed by atoms with Crippen molar-refractivity contribution in [3.63, 3.8) is 0 Å². The van der Waals surface area contributed by atoms with Gasteiger partial charge in [-0.3, -0.25) is 19.1 Å². The van der Waals surface area contributed by atoms with Crippen LogP contribution in [0, 0.1) is 0 Å². The first-order valence-electron chi connectivity index (χ1n) is 14.7. The van der Waals surface area contributed by atoms with Crippen LogP contribution in [0.3, 0.4) is 0 Å². The van der Waals surface area contributed by atoms with Gasteiger partial charge in [0.05, 0.1) is 25.1 Å². The van der Waals surface area contributed by atoms with Crippen LogP contribution < -0.4 is 4.90 Å². The van der Waals surface area contributed by atoms with Crippen molar-refractivity contribution in [1.29, 1.82) is 0 Å². The van der Waals surface area contributed by atoms with E-state index in [4.69, 9.17) is 27.9 Å². The van der Waals surface area contributed by atoms with Crippen LogP contribution in [-0.2, 0) is 36.3 Å². The molecule has 11 nitrogen and oxygen atoms in total. The molecular formula is C30H33BrCl2N6O5S. The van der Waals surface area contributed by atoms with Crippen LogP contribution in [-0.4, -0.2) is 103 Å². The van der Waals surface area contributed by atoms with Crippen molar-refractivity contribution in [2.24, 2.45) is 0 Å². The summed E-state index contributed by atoms with van der Waals surface area (Å²) < 4.78 is 37.6. The number of aromatic nitrogens is 2. The molecule has 0 saturated carbocycles. The van der Waals surface area contributed by atoms with E-state index in [1.165, 1.54) is 20.0 Å². The zero-order valence-corrected chi connectivity index (χ0v) is 28.6. The number of amides is 2. The van der Waals surface area contributed by atoms with E-state index in [2.05, 4.69) is 25.8 Å². The number of fused-ring (bicyclic) bond motifs is 1. The summed E-state index contributed by atoms with van der Waals surface area (Å²) in [5, 5.41) is 0.568. The summed E-state index contributed by atoms with van der Waals surface area (Å²) in [5.74, 6) is -0.195. The van der Waals surface area contributed by atoms with Gasteiger partial charge in [-0.15, -0.1) is 0 Å². The lowest BCUT2D eigenvalue weighted by Gasteiger charge is -2.35. The van der Waals surface area contributed by atoms with Crippen molar-refractivity contribution >= 4 is 72.6 Å². The standard InChI is InChI=1S/C30H33BrCl2N6O5S/c1-30(19-21-2-4-22(31)5-3-21)28(41)38(25-17-23(32)16-24(33)18-25)29-34-20-27(39(29)30)45(42,43)37-10-8-36(9-11-37)26(40)6-7-35-12-14-44-15-13-35/h2-5,16-18,20H,6-15,19H2,1H3. The molecule has 2 fully saturated rings. The van der Waals surface area contributed by atoms with E-state index in [0.717, 1.165) is 23.1 Å². The van der Waals surface area contributed by atoms with E-state index in [1.54, 1.807) is 30.0 Å². The lowest BCUT2D eigenvalue weighted by molar-refractivity contribution is -0.133. The Balaban J connectivity index is 1.28. The first-order valence-corrected chi connectivity index (χ1v) is 17.7. The number of halogens is 3. The van der Waals surface area contributed by atoms with E-state index < -0.39 is 15.6 Å².